The molecule has 0 aliphatic carbocycles. The van der Waals surface area contributed by atoms with Crippen molar-refractivity contribution in [3.63, 3.8) is 0 Å². The highest BCUT2D eigenvalue weighted by Gasteiger charge is 2.30. The molecule has 0 fully saturated rings. The van der Waals surface area contributed by atoms with Gasteiger partial charge in [-0.25, -0.2) is 4.79 Å². The van der Waals surface area contributed by atoms with Crippen LogP contribution < -0.4 is 10.5 Å². The number of rotatable bonds is 4. The van der Waals surface area contributed by atoms with E-state index in [9.17, 15) is 9.59 Å². The lowest BCUT2D eigenvalue weighted by molar-refractivity contribution is -0.152. The molecule has 2 aromatic carbocycles. The van der Waals surface area contributed by atoms with Crippen molar-refractivity contribution in [2.24, 2.45) is 5.73 Å². The van der Waals surface area contributed by atoms with Gasteiger partial charge in [-0.3, -0.25) is 4.79 Å². The highest BCUT2D eigenvalue weighted by Crippen LogP contribution is 2.28. The predicted octanol–water partition coefficient (Wildman–Crippen LogP) is 1.83. The number of carbonyl (C=O) groups is 2. The number of amides is 1. The molecule has 22 heavy (non-hydrogen) atoms. The summed E-state index contributed by atoms with van der Waals surface area (Å²) in [6, 6.07) is 14.2. The lowest BCUT2D eigenvalue weighted by atomic mass is 10.1. The smallest absolute Gasteiger partial charge is 0.348 e. The van der Waals surface area contributed by atoms with Crippen molar-refractivity contribution >= 4 is 11.9 Å². The van der Waals surface area contributed by atoms with E-state index in [1.807, 2.05) is 24.3 Å². The predicted molar refractivity (Wildman–Crippen MR) is 79.3 cm³/mol. The minimum absolute atomic E-state index is 0.133. The van der Waals surface area contributed by atoms with Crippen LogP contribution in [0, 0.1) is 0 Å². The number of ether oxygens (including phenoxy) is 2. The van der Waals surface area contributed by atoms with Crippen LogP contribution in [0.3, 0.4) is 0 Å². The van der Waals surface area contributed by atoms with Gasteiger partial charge >= 0.3 is 5.97 Å². The van der Waals surface area contributed by atoms with E-state index in [1.165, 1.54) is 0 Å². The third-order valence-electron chi connectivity index (χ3n) is 3.53. The topological polar surface area (TPSA) is 78.6 Å². The van der Waals surface area contributed by atoms with Gasteiger partial charge in [-0.1, -0.05) is 30.3 Å². The van der Waals surface area contributed by atoms with E-state index >= 15 is 0 Å². The van der Waals surface area contributed by atoms with E-state index < -0.39 is 18.0 Å². The Kier molecular flexibility index (Phi) is 3.78. The first kappa shape index (κ1) is 14.1. The average Bonchev–Trinajstić information content (AvgIpc) is 2.97. The van der Waals surface area contributed by atoms with Crippen LogP contribution in [-0.2, 0) is 22.6 Å². The van der Waals surface area contributed by atoms with Crippen LogP contribution in [0.5, 0.6) is 5.75 Å². The van der Waals surface area contributed by atoms with Crippen LogP contribution in [0.2, 0.25) is 0 Å². The minimum atomic E-state index is -0.595. The van der Waals surface area contributed by atoms with Crippen LogP contribution in [0.4, 0.5) is 0 Å². The largest absolute Gasteiger partial charge is 0.478 e. The van der Waals surface area contributed by atoms with Crippen LogP contribution in [-0.4, -0.2) is 18.0 Å². The maximum atomic E-state index is 12.0. The number of benzene rings is 2. The van der Waals surface area contributed by atoms with E-state index in [2.05, 4.69) is 0 Å². The van der Waals surface area contributed by atoms with Gasteiger partial charge in [0.25, 0.3) is 0 Å². The standard InChI is InChI=1S/C17H15NO4/c18-16(19)12-7-5-11(6-8-12)10-21-17(20)15-9-13-3-1-2-4-14(13)22-15/h1-8,15H,9-10H2,(H2,18,19). The van der Waals surface area contributed by atoms with Crippen molar-refractivity contribution in [3.05, 3.63) is 65.2 Å². The quantitative estimate of drug-likeness (QED) is 0.873. The molecular weight excluding hydrogens is 282 g/mol. The van der Waals surface area contributed by atoms with Crippen molar-refractivity contribution in [2.45, 2.75) is 19.1 Å². The molecule has 5 heteroatoms. The Hall–Kier alpha value is -2.82. The van der Waals surface area contributed by atoms with Gasteiger partial charge < -0.3 is 15.2 Å². The molecule has 3 rings (SSSR count). The lowest BCUT2D eigenvalue weighted by Crippen LogP contribution is -2.27. The van der Waals surface area contributed by atoms with Gasteiger partial charge in [-0.15, -0.1) is 0 Å². The first-order valence-electron chi connectivity index (χ1n) is 6.93. The summed E-state index contributed by atoms with van der Waals surface area (Å²) in [6.45, 7) is 0.133. The van der Waals surface area contributed by atoms with E-state index in [1.54, 1.807) is 24.3 Å². The third-order valence-corrected chi connectivity index (χ3v) is 3.53. The van der Waals surface area contributed by atoms with Crippen LogP contribution in [0.15, 0.2) is 48.5 Å². The third kappa shape index (κ3) is 2.93. The van der Waals surface area contributed by atoms with Gasteiger partial charge in [0.2, 0.25) is 5.91 Å². The van der Waals surface area contributed by atoms with Gasteiger partial charge in [-0.2, -0.15) is 0 Å². The second kappa shape index (κ2) is 5.89. The number of esters is 1. The van der Waals surface area contributed by atoms with Gasteiger partial charge in [-0.05, 0) is 29.3 Å². The van der Waals surface area contributed by atoms with Gasteiger partial charge in [0.1, 0.15) is 12.4 Å². The van der Waals surface area contributed by atoms with E-state index in [0.29, 0.717) is 12.0 Å². The molecule has 0 radical (unpaired) electrons. The lowest BCUT2D eigenvalue weighted by Gasteiger charge is -2.10. The Morgan fingerprint density at radius 2 is 1.86 bits per heavy atom. The summed E-state index contributed by atoms with van der Waals surface area (Å²) in [5.41, 5.74) is 7.39. The number of fused-ring (bicyclic) bond motifs is 1. The normalized spacial score (nSPS) is 15.7. The summed E-state index contributed by atoms with van der Waals surface area (Å²) >= 11 is 0. The zero-order valence-electron chi connectivity index (χ0n) is 11.8. The number of primary amides is 1. The van der Waals surface area contributed by atoms with E-state index in [4.69, 9.17) is 15.2 Å². The maximum Gasteiger partial charge on any atom is 0.348 e. The molecule has 0 saturated carbocycles. The van der Waals surface area contributed by atoms with Crippen molar-refractivity contribution < 1.29 is 19.1 Å². The SMILES string of the molecule is NC(=O)c1ccc(COC(=O)C2Cc3ccccc3O2)cc1. The molecule has 2 aromatic rings. The molecule has 1 unspecified atom stereocenters. The number of para-hydroxylation sites is 1. The highest BCUT2D eigenvalue weighted by molar-refractivity contribution is 5.92. The second-order valence-corrected chi connectivity index (χ2v) is 5.09. The molecule has 0 saturated heterocycles. The Morgan fingerprint density at radius 3 is 2.55 bits per heavy atom. The minimum Gasteiger partial charge on any atom is -0.478 e. The van der Waals surface area contributed by atoms with Crippen molar-refractivity contribution in [2.75, 3.05) is 0 Å². The van der Waals surface area contributed by atoms with E-state index in [-0.39, 0.29) is 6.61 Å². The van der Waals surface area contributed by atoms with Gasteiger partial charge in [0, 0.05) is 12.0 Å². The summed E-state index contributed by atoms with van der Waals surface area (Å²) < 4.78 is 10.8. The van der Waals surface area contributed by atoms with E-state index in [0.717, 1.165) is 16.9 Å². The molecule has 1 aliphatic rings. The number of nitrogens with two attached hydrogens (primary N) is 1. The fourth-order valence-corrected chi connectivity index (χ4v) is 2.33. The Bertz CT molecular complexity index is 684. The number of hydrogen-bond acceptors (Lipinski definition) is 4. The average molecular weight is 297 g/mol. The van der Waals surface area contributed by atoms with Crippen LogP contribution in [0.25, 0.3) is 0 Å². The zero-order chi connectivity index (χ0) is 15.5. The Labute approximate surface area is 127 Å². The van der Waals surface area contributed by atoms with Crippen molar-refractivity contribution in [1.29, 1.82) is 0 Å². The molecule has 0 aromatic heterocycles. The van der Waals surface area contributed by atoms with Gasteiger partial charge in [0.05, 0.1) is 0 Å². The molecular formula is C17H15NO4. The van der Waals surface area contributed by atoms with Gasteiger partial charge in [0.15, 0.2) is 6.10 Å². The van der Waals surface area contributed by atoms with Crippen molar-refractivity contribution in [3.8, 4) is 5.75 Å². The second-order valence-electron chi connectivity index (χ2n) is 5.09. The molecule has 1 heterocycles. The molecule has 1 atom stereocenters. The number of carbonyl (C=O) groups excluding carboxylic acids is 2. The van der Waals surface area contributed by atoms with Crippen molar-refractivity contribution in [1.82, 2.24) is 0 Å². The molecule has 2 N–H and O–H groups in total. The molecule has 0 spiro atoms. The Morgan fingerprint density at radius 1 is 1.14 bits per heavy atom. The van der Waals surface area contributed by atoms with Crippen LogP contribution in [0.1, 0.15) is 21.5 Å². The highest BCUT2D eigenvalue weighted by atomic mass is 16.6. The Balaban J connectivity index is 1.56. The summed E-state index contributed by atoms with van der Waals surface area (Å²) in [5, 5.41) is 0. The molecule has 5 nitrogen and oxygen atoms in total. The summed E-state index contributed by atoms with van der Waals surface area (Å²) in [4.78, 5) is 23.0. The fourth-order valence-electron chi connectivity index (χ4n) is 2.33. The molecule has 0 bridgehead atoms. The summed E-state index contributed by atoms with van der Waals surface area (Å²) in [7, 11) is 0. The number of hydrogen-bond donors (Lipinski definition) is 1. The first-order chi connectivity index (χ1) is 10.6. The maximum absolute atomic E-state index is 12.0. The molecule has 1 amide bonds. The summed E-state index contributed by atoms with van der Waals surface area (Å²) in [5.74, 6) is -0.147. The zero-order valence-corrected chi connectivity index (χ0v) is 11.8. The summed E-state index contributed by atoms with van der Waals surface area (Å²) in [6.07, 6.45) is -0.0717. The molecule has 112 valence electrons. The van der Waals surface area contributed by atoms with Crippen LogP contribution >= 0.6 is 0 Å². The molecule has 1 aliphatic heterocycles. The monoisotopic (exact) mass is 297 g/mol. The fraction of sp³-hybridized carbons (Fsp3) is 0.176. The first-order valence-corrected chi connectivity index (χ1v) is 6.93.